The van der Waals surface area contributed by atoms with Crippen molar-refractivity contribution in [1.82, 2.24) is 13.7 Å². The zero-order chi connectivity index (χ0) is 30.7. The Morgan fingerprint density at radius 1 is 1.05 bits per heavy atom. The van der Waals surface area contributed by atoms with Crippen molar-refractivity contribution in [1.29, 1.82) is 0 Å². The summed E-state index contributed by atoms with van der Waals surface area (Å²) in [6, 6.07) is 20.6. The SMILES string of the molecule is CC(=O)Nc1ccc(S(=O)(=O)N2CCN(c3nc(C(Cc4ccc(N(C)C)cc4)c4ccc(N)cc4)ns3)CC2)cc1Cl. The molecule has 1 amide bonds. The Hall–Kier alpha value is -3.71. The number of piperazine rings is 1. The topological polar surface area (TPSA) is 125 Å². The lowest BCUT2D eigenvalue weighted by atomic mass is 9.91. The molecule has 226 valence electrons. The van der Waals surface area contributed by atoms with Crippen molar-refractivity contribution in [2.75, 3.05) is 61.1 Å². The van der Waals surface area contributed by atoms with E-state index in [2.05, 4.69) is 39.4 Å². The molecule has 1 aromatic heterocycles. The first-order valence-corrected chi connectivity index (χ1v) is 16.4. The highest BCUT2D eigenvalue weighted by atomic mass is 35.5. The van der Waals surface area contributed by atoms with E-state index < -0.39 is 10.0 Å². The van der Waals surface area contributed by atoms with Gasteiger partial charge in [-0.15, -0.1) is 0 Å². The average Bonchev–Trinajstić information content (AvgIpc) is 3.48. The van der Waals surface area contributed by atoms with E-state index in [1.807, 2.05) is 38.4 Å². The third kappa shape index (κ3) is 7.10. The van der Waals surface area contributed by atoms with Gasteiger partial charge in [-0.25, -0.2) is 13.4 Å². The number of aromatic nitrogens is 2. The minimum absolute atomic E-state index is 0.0670. The van der Waals surface area contributed by atoms with Crippen LogP contribution in [0.15, 0.2) is 71.6 Å². The number of amides is 1. The Balaban J connectivity index is 1.30. The molecule has 0 spiro atoms. The summed E-state index contributed by atoms with van der Waals surface area (Å²) in [5.74, 6) is 0.375. The lowest BCUT2D eigenvalue weighted by Crippen LogP contribution is -2.48. The Labute approximate surface area is 261 Å². The minimum atomic E-state index is -3.76. The van der Waals surface area contributed by atoms with Crippen LogP contribution in [-0.4, -0.2) is 68.3 Å². The lowest BCUT2D eigenvalue weighted by Gasteiger charge is -2.33. The molecule has 1 aliphatic rings. The van der Waals surface area contributed by atoms with Crippen molar-refractivity contribution in [3.63, 3.8) is 0 Å². The highest BCUT2D eigenvalue weighted by Crippen LogP contribution is 2.32. The first kappa shape index (κ1) is 30.7. The molecule has 3 N–H and O–H groups in total. The second kappa shape index (κ2) is 12.9. The first-order chi connectivity index (χ1) is 20.5. The summed E-state index contributed by atoms with van der Waals surface area (Å²) in [7, 11) is 0.274. The number of nitrogens with two attached hydrogens (primary N) is 1. The predicted molar refractivity (Wildman–Crippen MR) is 174 cm³/mol. The summed E-state index contributed by atoms with van der Waals surface area (Å²) in [6.45, 7) is 2.90. The number of carbonyl (C=O) groups is 1. The zero-order valence-corrected chi connectivity index (χ0v) is 26.6. The molecule has 0 radical (unpaired) electrons. The number of sulfonamides is 1. The number of hydrogen-bond donors (Lipinski definition) is 2. The van der Waals surface area contributed by atoms with Gasteiger partial charge < -0.3 is 20.9 Å². The van der Waals surface area contributed by atoms with E-state index in [4.69, 9.17) is 26.7 Å². The molecule has 3 aromatic carbocycles. The number of hydrogen-bond acceptors (Lipinski definition) is 9. The highest BCUT2D eigenvalue weighted by Gasteiger charge is 2.31. The molecule has 10 nitrogen and oxygen atoms in total. The molecule has 2 heterocycles. The molecule has 1 unspecified atom stereocenters. The van der Waals surface area contributed by atoms with Crippen LogP contribution >= 0.6 is 23.1 Å². The maximum atomic E-state index is 13.3. The molecule has 13 heteroatoms. The number of nitrogens with zero attached hydrogens (tertiary/aromatic N) is 5. The molecular formula is C30H34ClN7O3S2. The van der Waals surface area contributed by atoms with E-state index >= 15 is 0 Å². The van der Waals surface area contributed by atoms with E-state index in [0.29, 0.717) is 37.6 Å². The van der Waals surface area contributed by atoms with Gasteiger partial charge in [-0.3, -0.25) is 4.79 Å². The molecule has 43 heavy (non-hydrogen) atoms. The van der Waals surface area contributed by atoms with E-state index in [9.17, 15) is 13.2 Å². The number of anilines is 4. The van der Waals surface area contributed by atoms with Gasteiger partial charge in [0.1, 0.15) is 0 Å². The Bertz CT molecular complexity index is 1690. The van der Waals surface area contributed by atoms with Gasteiger partial charge in [0.25, 0.3) is 0 Å². The normalized spacial score (nSPS) is 14.8. The van der Waals surface area contributed by atoms with Crippen molar-refractivity contribution < 1.29 is 13.2 Å². The van der Waals surface area contributed by atoms with Crippen LogP contribution < -0.4 is 20.9 Å². The Kier molecular flexibility index (Phi) is 9.21. The van der Waals surface area contributed by atoms with Crippen LogP contribution in [0.25, 0.3) is 0 Å². The Morgan fingerprint density at radius 2 is 1.72 bits per heavy atom. The molecule has 1 aliphatic heterocycles. The summed E-state index contributed by atoms with van der Waals surface area (Å²) in [5.41, 5.74) is 10.4. The van der Waals surface area contributed by atoms with E-state index in [1.165, 1.54) is 46.5 Å². The molecule has 1 atom stereocenters. The number of benzene rings is 3. The van der Waals surface area contributed by atoms with Crippen LogP contribution in [0.1, 0.15) is 29.8 Å². The smallest absolute Gasteiger partial charge is 0.243 e. The van der Waals surface area contributed by atoms with Crippen molar-refractivity contribution in [2.45, 2.75) is 24.2 Å². The lowest BCUT2D eigenvalue weighted by molar-refractivity contribution is -0.114. The summed E-state index contributed by atoms with van der Waals surface area (Å²) in [6.07, 6.45) is 0.725. The molecule has 4 aromatic rings. The minimum Gasteiger partial charge on any atom is -0.399 e. The predicted octanol–water partition coefficient (Wildman–Crippen LogP) is 4.68. The second-order valence-corrected chi connectivity index (χ2v) is 13.7. The van der Waals surface area contributed by atoms with Crippen LogP contribution in [0.2, 0.25) is 5.02 Å². The third-order valence-corrected chi connectivity index (χ3v) is 10.4. The first-order valence-electron chi connectivity index (χ1n) is 13.8. The van der Waals surface area contributed by atoms with Crippen LogP contribution in [-0.2, 0) is 21.2 Å². The van der Waals surface area contributed by atoms with Crippen molar-refractivity contribution in [2.24, 2.45) is 0 Å². The van der Waals surface area contributed by atoms with Crippen LogP contribution in [0.5, 0.6) is 0 Å². The number of rotatable bonds is 9. The fourth-order valence-electron chi connectivity index (χ4n) is 4.96. The summed E-state index contributed by atoms with van der Waals surface area (Å²) in [4.78, 5) is 20.5. The molecule has 1 fully saturated rings. The maximum absolute atomic E-state index is 13.3. The van der Waals surface area contributed by atoms with Gasteiger partial charge in [-0.05, 0) is 60.0 Å². The van der Waals surface area contributed by atoms with E-state index in [-0.39, 0.29) is 21.7 Å². The van der Waals surface area contributed by atoms with Crippen LogP contribution in [0.3, 0.4) is 0 Å². The van der Waals surface area contributed by atoms with Gasteiger partial charge in [-0.1, -0.05) is 35.9 Å². The quantitative estimate of drug-likeness (QED) is 0.253. The van der Waals surface area contributed by atoms with Gasteiger partial charge in [0, 0.05) is 76.0 Å². The molecule has 0 bridgehead atoms. The number of nitrogens with one attached hydrogen (secondary N) is 1. The maximum Gasteiger partial charge on any atom is 0.243 e. The van der Waals surface area contributed by atoms with Gasteiger partial charge in [0.2, 0.25) is 21.1 Å². The van der Waals surface area contributed by atoms with Crippen LogP contribution in [0.4, 0.5) is 22.2 Å². The fraction of sp³-hybridized carbons (Fsp3) is 0.300. The van der Waals surface area contributed by atoms with Gasteiger partial charge in [-0.2, -0.15) is 8.68 Å². The summed E-state index contributed by atoms with van der Waals surface area (Å²) < 4.78 is 32.9. The van der Waals surface area contributed by atoms with Crippen molar-refractivity contribution in [3.05, 3.63) is 88.7 Å². The fourth-order valence-corrected chi connectivity index (χ4v) is 7.48. The standard InChI is InChI=1S/C30H34ClN7O3S2/c1-20(39)33-28-13-12-25(19-27(28)31)43(40,41)38-16-14-37(15-17-38)30-34-29(35-42-30)26(22-6-8-23(32)9-7-22)18-21-4-10-24(11-5-21)36(2)3/h4-13,19,26H,14-18,32H2,1-3H3,(H,33,39). The zero-order valence-electron chi connectivity index (χ0n) is 24.2. The summed E-state index contributed by atoms with van der Waals surface area (Å²) >= 11 is 7.57. The van der Waals surface area contributed by atoms with Crippen molar-refractivity contribution in [3.8, 4) is 0 Å². The number of halogens is 1. The monoisotopic (exact) mass is 639 g/mol. The highest BCUT2D eigenvalue weighted by molar-refractivity contribution is 7.89. The number of nitrogen functional groups attached to an aromatic ring is 1. The Morgan fingerprint density at radius 3 is 2.33 bits per heavy atom. The molecule has 0 aliphatic carbocycles. The van der Waals surface area contributed by atoms with Gasteiger partial charge in [0.15, 0.2) is 5.82 Å². The molecule has 5 rings (SSSR count). The second-order valence-electron chi connectivity index (χ2n) is 10.6. The van der Waals surface area contributed by atoms with Crippen molar-refractivity contribution >= 4 is 61.3 Å². The van der Waals surface area contributed by atoms with Gasteiger partial charge in [0.05, 0.1) is 15.6 Å². The third-order valence-electron chi connectivity index (χ3n) is 7.37. The average molecular weight is 640 g/mol. The van der Waals surface area contributed by atoms with E-state index in [0.717, 1.165) is 28.6 Å². The summed E-state index contributed by atoms with van der Waals surface area (Å²) in [5, 5.41) is 3.52. The van der Waals surface area contributed by atoms with E-state index in [1.54, 1.807) is 0 Å². The number of carbonyl (C=O) groups excluding carboxylic acids is 1. The molecular weight excluding hydrogens is 606 g/mol. The van der Waals surface area contributed by atoms with Crippen LogP contribution in [0, 0.1) is 0 Å². The molecule has 0 saturated carbocycles. The molecule has 1 saturated heterocycles. The van der Waals surface area contributed by atoms with Gasteiger partial charge >= 0.3 is 0 Å². The largest absolute Gasteiger partial charge is 0.399 e.